The van der Waals surface area contributed by atoms with Crippen molar-refractivity contribution >= 4 is 5.96 Å². The molecule has 2 N–H and O–H groups in total. The fourth-order valence-electron chi connectivity index (χ4n) is 1.69. The molecule has 0 unspecified atom stereocenters. The van der Waals surface area contributed by atoms with Crippen LogP contribution in [0.4, 0.5) is 8.78 Å². The van der Waals surface area contributed by atoms with Crippen LogP contribution < -0.4 is 15.4 Å². The van der Waals surface area contributed by atoms with Crippen LogP contribution in [0.15, 0.2) is 23.2 Å². The zero-order valence-electron chi connectivity index (χ0n) is 11.5. The molecule has 0 radical (unpaired) electrons. The fourth-order valence-corrected chi connectivity index (χ4v) is 1.69. The van der Waals surface area contributed by atoms with Gasteiger partial charge in [0.05, 0.1) is 6.54 Å². The van der Waals surface area contributed by atoms with Crippen molar-refractivity contribution in [1.82, 2.24) is 10.6 Å². The molecule has 4 nitrogen and oxygen atoms in total. The molecule has 2 rings (SSSR count). The minimum absolute atomic E-state index is 0.312. The van der Waals surface area contributed by atoms with E-state index in [4.69, 9.17) is 4.74 Å². The Morgan fingerprint density at radius 3 is 2.75 bits per heavy atom. The molecule has 0 amide bonds. The Balaban J connectivity index is 1.65. The summed E-state index contributed by atoms with van der Waals surface area (Å²) in [5.41, 5.74) is 0. The monoisotopic (exact) mass is 283 g/mol. The van der Waals surface area contributed by atoms with Crippen LogP contribution in [-0.4, -0.2) is 32.7 Å². The molecule has 1 aliphatic carbocycles. The normalized spacial score (nSPS) is 15.1. The molecule has 0 spiro atoms. The molecule has 1 aliphatic rings. The lowest BCUT2D eigenvalue weighted by atomic mass is 10.3. The molecule has 0 bridgehead atoms. The lowest BCUT2D eigenvalue weighted by Gasteiger charge is -2.12. The predicted octanol–water partition coefficient (Wildman–Crippen LogP) is 1.92. The zero-order chi connectivity index (χ0) is 14.4. The Morgan fingerprint density at radius 1 is 1.30 bits per heavy atom. The van der Waals surface area contributed by atoms with Crippen molar-refractivity contribution in [1.29, 1.82) is 0 Å². The first-order valence-electron chi connectivity index (χ1n) is 6.71. The van der Waals surface area contributed by atoms with Crippen LogP contribution in [0.3, 0.4) is 0 Å². The van der Waals surface area contributed by atoms with Gasteiger partial charge >= 0.3 is 0 Å². The number of rotatable bonds is 6. The van der Waals surface area contributed by atoms with Gasteiger partial charge in [0.2, 0.25) is 0 Å². The average molecular weight is 283 g/mol. The van der Waals surface area contributed by atoms with Crippen molar-refractivity contribution in [3.05, 3.63) is 29.8 Å². The summed E-state index contributed by atoms with van der Waals surface area (Å²) in [5, 5.41) is 6.32. The average Bonchev–Trinajstić information content (AvgIpc) is 3.26. The summed E-state index contributed by atoms with van der Waals surface area (Å²) in [5.74, 6) is 0.0296. The van der Waals surface area contributed by atoms with Crippen LogP contribution >= 0.6 is 0 Å². The van der Waals surface area contributed by atoms with Crippen LogP contribution in [-0.2, 0) is 0 Å². The van der Waals surface area contributed by atoms with Gasteiger partial charge in [0.1, 0.15) is 12.4 Å². The van der Waals surface area contributed by atoms with Gasteiger partial charge in [-0.25, -0.2) is 8.78 Å². The van der Waals surface area contributed by atoms with Gasteiger partial charge in [-0.15, -0.1) is 0 Å². The largest absolute Gasteiger partial charge is 0.492 e. The number of aliphatic imine (C=N–C) groups is 1. The molecule has 0 heterocycles. The summed E-state index contributed by atoms with van der Waals surface area (Å²) in [6.45, 7) is 1.81. The topological polar surface area (TPSA) is 45.7 Å². The highest BCUT2D eigenvalue weighted by Crippen LogP contribution is 2.27. The van der Waals surface area contributed by atoms with Gasteiger partial charge in [0.25, 0.3) is 0 Å². The van der Waals surface area contributed by atoms with E-state index in [1.807, 2.05) is 0 Å². The van der Waals surface area contributed by atoms with Crippen LogP contribution in [0.2, 0.25) is 0 Å². The van der Waals surface area contributed by atoms with Crippen molar-refractivity contribution in [3.8, 4) is 5.75 Å². The van der Waals surface area contributed by atoms with Gasteiger partial charge in [-0.2, -0.15) is 0 Å². The van der Waals surface area contributed by atoms with Gasteiger partial charge in [-0.1, -0.05) is 0 Å². The number of halogens is 2. The number of hydrogen-bond acceptors (Lipinski definition) is 2. The van der Waals surface area contributed by atoms with E-state index in [1.165, 1.54) is 18.9 Å². The Morgan fingerprint density at radius 2 is 2.10 bits per heavy atom. The molecule has 1 saturated carbocycles. The van der Waals surface area contributed by atoms with Crippen LogP contribution in [0.1, 0.15) is 12.8 Å². The molecule has 6 heteroatoms. The van der Waals surface area contributed by atoms with E-state index in [9.17, 15) is 8.78 Å². The summed E-state index contributed by atoms with van der Waals surface area (Å²) in [4.78, 5) is 4.09. The summed E-state index contributed by atoms with van der Waals surface area (Å²) >= 11 is 0. The summed E-state index contributed by atoms with van der Waals surface area (Å²) < 4.78 is 31.0. The second-order valence-electron chi connectivity index (χ2n) is 4.75. The van der Waals surface area contributed by atoms with Crippen molar-refractivity contribution in [3.63, 3.8) is 0 Å². The molecule has 0 atom stereocenters. The first kappa shape index (κ1) is 14.6. The standard InChI is InChI=1S/C14H19F2N3O/c1-17-14(19-9-10-2-3-10)18-6-7-20-11-4-5-12(15)13(16)8-11/h4-5,8,10H,2-3,6-7,9H2,1H3,(H2,17,18,19). The van der Waals surface area contributed by atoms with E-state index in [0.717, 1.165) is 30.6 Å². The van der Waals surface area contributed by atoms with Gasteiger partial charge in [-0.3, -0.25) is 4.99 Å². The Labute approximate surface area is 117 Å². The molecule has 1 aromatic carbocycles. The zero-order valence-corrected chi connectivity index (χ0v) is 11.5. The van der Waals surface area contributed by atoms with Crippen molar-refractivity contribution < 1.29 is 13.5 Å². The van der Waals surface area contributed by atoms with Crippen LogP contribution in [0, 0.1) is 17.6 Å². The molecular weight excluding hydrogens is 264 g/mol. The lowest BCUT2D eigenvalue weighted by molar-refractivity contribution is 0.318. The molecular formula is C14H19F2N3O. The number of guanidine groups is 1. The van der Waals surface area contributed by atoms with E-state index in [2.05, 4.69) is 15.6 Å². The molecule has 110 valence electrons. The highest BCUT2D eigenvalue weighted by molar-refractivity contribution is 5.79. The first-order chi connectivity index (χ1) is 9.69. The predicted molar refractivity (Wildman–Crippen MR) is 73.9 cm³/mol. The van der Waals surface area contributed by atoms with Crippen molar-refractivity contribution in [2.45, 2.75) is 12.8 Å². The second kappa shape index (κ2) is 7.07. The number of benzene rings is 1. The SMILES string of the molecule is CN=C(NCCOc1ccc(F)c(F)c1)NCC1CC1. The van der Waals surface area contributed by atoms with E-state index in [0.29, 0.717) is 18.9 Å². The third-order valence-electron chi connectivity index (χ3n) is 3.03. The minimum Gasteiger partial charge on any atom is -0.492 e. The third-order valence-corrected chi connectivity index (χ3v) is 3.03. The number of nitrogens with zero attached hydrogens (tertiary/aromatic N) is 1. The Bertz CT molecular complexity index is 475. The second-order valence-corrected chi connectivity index (χ2v) is 4.75. The van der Waals surface area contributed by atoms with E-state index in [1.54, 1.807) is 7.05 Å². The van der Waals surface area contributed by atoms with Crippen LogP contribution in [0.5, 0.6) is 5.75 Å². The summed E-state index contributed by atoms with van der Waals surface area (Å²) in [6.07, 6.45) is 2.56. The third kappa shape index (κ3) is 4.68. The van der Waals surface area contributed by atoms with Crippen molar-refractivity contribution in [2.24, 2.45) is 10.9 Å². The minimum atomic E-state index is -0.905. The first-order valence-corrected chi connectivity index (χ1v) is 6.71. The number of ether oxygens (including phenoxy) is 1. The van der Waals surface area contributed by atoms with Crippen molar-refractivity contribution in [2.75, 3.05) is 26.7 Å². The molecule has 1 aromatic rings. The molecule has 0 aromatic heterocycles. The fraction of sp³-hybridized carbons (Fsp3) is 0.500. The highest BCUT2D eigenvalue weighted by Gasteiger charge is 2.20. The highest BCUT2D eigenvalue weighted by atomic mass is 19.2. The maximum atomic E-state index is 13.0. The molecule has 0 aliphatic heterocycles. The smallest absolute Gasteiger partial charge is 0.191 e. The summed E-state index contributed by atoms with van der Waals surface area (Å²) in [6, 6.07) is 3.49. The van der Waals surface area contributed by atoms with Gasteiger partial charge in [0.15, 0.2) is 17.6 Å². The maximum absolute atomic E-state index is 13.0. The number of hydrogen-bond donors (Lipinski definition) is 2. The lowest BCUT2D eigenvalue weighted by Crippen LogP contribution is -2.40. The van der Waals surface area contributed by atoms with E-state index in [-0.39, 0.29) is 0 Å². The molecule has 0 saturated heterocycles. The van der Waals surface area contributed by atoms with Gasteiger partial charge in [-0.05, 0) is 30.9 Å². The summed E-state index contributed by atoms with van der Waals surface area (Å²) in [7, 11) is 1.71. The molecule has 1 fully saturated rings. The van der Waals surface area contributed by atoms with E-state index >= 15 is 0 Å². The van der Waals surface area contributed by atoms with Crippen LogP contribution in [0.25, 0.3) is 0 Å². The maximum Gasteiger partial charge on any atom is 0.191 e. The van der Waals surface area contributed by atoms with E-state index < -0.39 is 11.6 Å². The number of nitrogens with one attached hydrogen (secondary N) is 2. The Kier molecular flexibility index (Phi) is 5.15. The Hall–Kier alpha value is -1.85. The quantitative estimate of drug-likeness (QED) is 0.476. The van der Waals surface area contributed by atoms with Gasteiger partial charge in [0, 0.05) is 19.7 Å². The molecule has 20 heavy (non-hydrogen) atoms. The van der Waals surface area contributed by atoms with Gasteiger partial charge < -0.3 is 15.4 Å².